The van der Waals surface area contributed by atoms with Gasteiger partial charge in [0.15, 0.2) is 0 Å². The molecule has 100 valence electrons. The first-order valence-electron chi connectivity index (χ1n) is 6.85. The molecule has 0 saturated carbocycles. The molecular weight excluding hydrogens is 224 g/mol. The lowest BCUT2D eigenvalue weighted by Gasteiger charge is -2.43. The van der Waals surface area contributed by atoms with Crippen LogP contribution in [0.1, 0.15) is 25.6 Å². The van der Waals surface area contributed by atoms with Crippen molar-refractivity contribution in [3.05, 3.63) is 30.1 Å². The highest BCUT2D eigenvalue weighted by molar-refractivity contribution is 5.10. The van der Waals surface area contributed by atoms with Crippen LogP contribution in [0.15, 0.2) is 24.4 Å². The van der Waals surface area contributed by atoms with Crippen molar-refractivity contribution in [2.75, 3.05) is 32.7 Å². The lowest BCUT2D eigenvalue weighted by molar-refractivity contribution is 0.0522. The zero-order chi connectivity index (χ0) is 13.0. The highest BCUT2D eigenvalue weighted by atomic mass is 15.3. The number of aromatic nitrogens is 1. The summed E-state index contributed by atoms with van der Waals surface area (Å²) in [6.45, 7) is 9.61. The molecule has 0 radical (unpaired) electrons. The second-order valence-corrected chi connectivity index (χ2v) is 4.99. The molecule has 4 heteroatoms. The van der Waals surface area contributed by atoms with Gasteiger partial charge in [-0.25, -0.2) is 0 Å². The van der Waals surface area contributed by atoms with Gasteiger partial charge in [0, 0.05) is 38.4 Å². The summed E-state index contributed by atoms with van der Waals surface area (Å²) in [7, 11) is 0. The molecule has 2 rings (SSSR count). The van der Waals surface area contributed by atoms with Gasteiger partial charge in [0.1, 0.15) is 0 Å². The standard InChI is InChI=1S/C14H24N4/c1-3-17-8-9-18(12(2)11-17)14(10-15)13-6-4-5-7-16-13/h4-7,12,14H,3,8-11,15H2,1-2H3. The maximum absolute atomic E-state index is 5.97. The lowest BCUT2D eigenvalue weighted by Crippen LogP contribution is -2.54. The van der Waals surface area contributed by atoms with Crippen LogP contribution < -0.4 is 5.73 Å². The van der Waals surface area contributed by atoms with E-state index in [-0.39, 0.29) is 6.04 Å². The zero-order valence-electron chi connectivity index (χ0n) is 11.4. The van der Waals surface area contributed by atoms with Crippen LogP contribution in [0, 0.1) is 0 Å². The Morgan fingerprint density at radius 2 is 2.28 bits per heavy atom. The number of hydrogen-bond acceptors (Lipinski definition) is 4. The van der Waals surface area contributed by atoms with Gasteiger partial charge in [-0.2, -0.15) is 0 Å². The van der Waals surface area contributed by atoms with Crippen molar-refractivity contribution >= 4 is 0 Å². The van der Waals surface area contributed by atoms with Gasteiger partial charge in [0.2, 0.25) is 0 Å². The maximum Gasteiger partial charge on any atom is 0.0647 e. The summed E-state index contributed by atoms with van der Waals surface area (Å²) < 4.78 is 0. The third kappa shape index (κ3) is 2.88. The maximum atomic E-state index is 5.97. The summed E-state index contributed by atoms with van der Waals surface area (Å²) in [5.41, 5.74) is 7.06. The molecule has 0 spiro atoms. The molecule has 18 heavy (non-hydrogen) atoms. The van der Waals surface area contributed by atoms with Crippen LogP contribution in [0.4, 0.5) is 0 Å². The van der Waals surface area contributed by atoms with E-state index in [1.165, 1.54) is 0 Å². The Morgan fingerprint density at radius 1 is 1.44 bits per heavy atom. The monoisotopic (exact) mass is 248 g/mol. The molecule has 2 heterocycles. The predicted octanol–water partition coefficient (Wildman–Crippen LogP) is 1.11. The fraction of sp³-hybridized carbons (Fsp3) is 0.643. The van der Waals surface area contributed by atoms with Crippen LogP contribution in [0.2, 0.25) is 0 Å². The molecule has 1 fully saturated rings. The molecule has 0 aromatic carbocycles. The van der Waals surface area contributed by atoms with Gasteiger partial charge in [0.25, 0.3) is 0 Å². The summed E-state index contributed by atoms with van der Waals surface area (Å²) >= 11 is 0. The molecule has 1 aliphatic heterocycles. The minimum Gasteiger partial charge on any atom is -0.329 e. The van der Waals surface area contributed by atoms with E-state index in [0.29, 0.717) is 12.6 Å². The topological polar surface area (TPSA) is 45.4 Å². The molecule has 1 aromatic rings. The minimum atomic E-state index is 0.250. The Bertz CT molecular complexity index is 354. The number of rotatable bonds is 4. The third-order valence-corrected chi connectivity index (χ3v) is 3.86. The van der Waals surface area contributed by atoms with Crippen molar-refractivity contribution in [3.63, 3.8) is 0 Å². The number of hydrogen-bond donors (Lipinski definition) is 1. The zero-order valence-corrected chi connectivity index (χ0v) is 11.4. The number of nitrogens with zero attached hydrogens (tertiary/aromatic N) is 3. The van der Waals surface area contributed by atoms with Crippen LogP contribution in [0.3, 0.4) is 0 Å². The van der Waals surface area contributed by atoms with Crippen LogP contribution >= 0.6 is 0 Å². The fourth-order valence-corrected chi connectivity index (χ4v) is 2.80. The second kappa shape index (κ2) is 6.27. The number of piperazine rings is 1. The van der Waals surface area contributed by atoms with Crippen molar-refractivity contribution in [2.45, 2.75) is 25.9 Å². The number of likely N-dealkylation sites (N-methyl/N-ethyl adjacent to an activating group) is 1. The molecule has 2 N–H and O–H groups in total. The largest absolute Gasteiger partial charge is 0.329 e. The van der Waals surface area contributed by atoms with Gasteiger partial charge in [0.05, 0.1) is 11.7 Å². The van der Waals surface area contributed by atoms with E-state index in [1.807, 2.05) is 18.3 Å². The summed E-state index contributed by atoms with van der Waals surface area (Å²) in [5.74, 6) is 0. The Hall–Kier alpha value is -0.970. The van der Waals surface area contributed by atoms with E-state index < -0.39 is 0 Å². The van der Waals surface area contributed by atoms with E-state index in [0.717, 1.165) is 31.9 Å². The van der Waals surface area contributed by atoms with E-state index in [2.05, 4.69) is 34.7 Å². The van der Waals surface area contributed by atoms with Crippen molar-refractivity contribution in [1.82, 2.24) is 14.8 Å². The van der Waals surface area contributed by atoms with Crippen molar-refractivity contribution in [3.8, 4) is 0 Å². The van der Waals surface area contributed by atoms with E-state index >= 15 is 0 Å². The molecule has 0 amide bonds. The number of pyridine rings is 1. The highest BCUT2D eigenvalue weighted by Gasteiger charge is 2.29. The molecule has 1 saturated heterocycles. The second-order valence-electron chi connectivity index (χ2n) is 4.99. The summed E-state index contributed by atoms with van der Waals surface area (Å²) in [5, 5.41) is 0. The quantitative estimate of drug-likeness (QED) is 0.867. The number of nitrogens with two attached hydrogens (primary N) is 1. The van der Waals surface area contributed by atoms with Crippen LogP contribution in [0.25, 0.3) is 0 Å². The average molecular weight is 248 g/mol. The van der Waals surface area contributed by atoms with Gasteiger partial charge in [-0.1, -0.05) is 13.0 Å². The summed E-state index contributed by atoms with van der Waals surface area (Å²) in [6.07, 6.45) is 1.85. The lowest BCUT2D eigenvalue weighted by atomic mass is 10.1. The SMILES string of the molecule is CCN1CCN(C(CN)c2ccccn2)C(C)C1. The normalized spacial score (nSPS) is 24.1. The van der Waals surface area contributed by atoms with Gasteiger partial charge in [-0.15, -0.1) is 0 Å². The Balaban J connectivity index is 2.09. The van der Waals surface area contributed by atoms with Gasteiger partial charge < -0.3 is 10.6 Å². The Morgan fingerprint density at radius 3 is 2.83 bits per heavy atom. The Kier molecular flexibility index (Phi) is 4.69. The van der Waals surface area contributed by atoms with Gasteiger partial charge >= 0.3 is 0 Å². The first-order chi connectivity index (χ1) is 8.76. The van der Waals surface area contributed by atoms with E-state index in [4.69, 9.17) is 5.73 Å². The van der Waals surface area contributed by atoms with Gasteiger partial charge in [-0.3, -0.25) is 9.88 Å². The van der Waals surface area contributed by atoms with Crippen LogP contribution in [-0.2, 0) is 0 Å². The van der Waals surface area contributed by atoms with Crippen molar-refractivity contribution in [1.29, 1.82) is 0 Å². The van der Waals surface area contributed by atoms with Crippen molar-refractivity contribution in [2.24, 2.45) is 5.73 Å². The summed E-state index contributed by atoms with van der Waals surface area (Å²) in [4.78, 5) is 9.45. The van der Waals surface area contributed by atoms with Crippen molar-refractivity contribution < 1.29 is 0 Å². The van der Waals surface area contributed by atoms with Gasteiger partial charge in [-0.05, 0) is 25.6 Å². The third-order valence-electron chi connectivity index (χ3n) is 3.86. The molecule has 4 nitrogen and oxygen atoms in total. The fourth-order valence-electron chi connectivity index (χ4n) is 2.80. The van der Waals surface area contributed by atoms with E-state index in [1.54, 1.807) is 0 Å². The van der Waals surface area contributed by atoms with Crippen LogP contribution in [-0.4, -0.2) is 53.5 Å². The molecule has 1 aromatic heterocycles. The average Bonchev–Trinajstić information content (AvgIpc) is 2.42. The predicted molar refractivity (Wildman–Crippen MR) is 74.3 cm³/mol. The minimum absolute atomic E-state index is 0.250. The smallest absolute Gasteiger partial charge is 0.0647 e. The first kappa shape index (κ1) is 13.5. The summed E-state index contributed by atoms with van der Waals surface area (Å²) in [6, 6.07) is 6.86. The first-order valence-corrected chi connectivity index (χ1v) is 6.85. The molecule has 2 unspecified atom stereocenters. The molecule has 0 aliphatic carbocycles. The van der Waals surface area contributed by atoms with Crippen LogP contribution in [0.5, 0.6) is 0 Å². The molecule has 1 aliphatic rings. The highest BCUT2D eigenvalue weighted by Crippen LogP contribution is 2.22. The molecule has 0 bridgehead atoms. The molecule has 2 atom stereocenters. The Labute approximate surface area is 110 Å². The van der Waals surface area contributed by atoms with E-state index in [9.17, 15) is 0 Å². The molecular formula is C14H24N4.